The molecule has 0 bridgehead atoms. The second-order valence-electron chi connectivity index (χ2n) is 3.09. The molecule has 1 N–H and O–H groups in total. The highest BCUT2D eigenvalue weighted by Crippen LogP contribution is 2.26. The Balaban J connectivity index is 2.26. The van der Waals surface area contributed by atoms with Gasteiger partial charge in [-0.3, -0.25) is 0 Å². The predicted molar refractivity (Wildman–Crippen MR) is 58.1 cm³/mol. The lowest BCUT2D eigenvalue weighted by Crippen LogP contribution is -1.97. The average molecular weight is 236 g/mol. The van der Waals surface area contributed by atoms with Crippen molar-refractivity contribution in [2.75, 3.05) is 0 Å². The molecule has 0 aliphatic rings. The molecule has 5 nitrogen and oxygen atoms in total. The van der Waals surface area contributed by atoms with Gasteiger partial charge in [0.05, 0.1) is 5.56 Å². The fraction of sp³-hybridized carbons (Fsp3) is 0.100. The Bertz CT molecular complexity index is 511. The summed E-state index contributed by atoms with van der Waals surface area (Å²) in [6, 6.07) is 4.66. The first-order valence-electron chi connectivity index (χ1n) is 4.45. The molecule has 6 heteroatoms. The number of benzene rings is 1. The molecule has 0 amide bonds. The van der Waals surface area contributed by atoms with Crippen molar-refractivity contribution in [3.8, 4) is 10.9 Å². The van der Waals surface area contributed by atoms with Gasteiger partial charge >= 0.3 is 5.97 Å². The van der Waals surface area contributed by atoms with Crippen LogP contribution < -0.4 is 4.74 Å². The average Bonchev–Trinajstić information content (AvgIpc) is 2.73. The number of carboxylic acid groups (broad SMARTS) is 1. The van der Waals surface area contributed by atoms with Crippen LogP contribution in [-0.2, 0) is 0 Å². The highest BCUT2D eigenvalue weighted by Gasteiger charge is 2.08. The molecule has 1 heterocycles. The molecule has 82 valence electrons. The van der Waals surface area contributed by atoms with E-state index in [4.69, 9.17) is 9.84 Å². The fourth-order valence-electron chi connectivity index (χ4n) is 1.20. The van der Waals surface area contributed by atoms with E-state index < -0.39 is 5.97 Å². The standard InChI is InChI=1S/C10H8N2O3S/c1-6-4-7(9(13)14)2-3-8(6)15-10-12-11-5-16-10/h2-5H,1H3,(H,13,14). The van der Waals surface area contributed by atoms with Crippen LogP contribution in [0, 0.1) is 6.92 Å². The third kappa shape index (κ3) is 2.17. The van der Waals surface area contributed by atoms with Crippen molar-refractivity contribution in [3.05, 3.63) is 34.8 Å². The number of ether oxygens (including phenoxy) is 1. The van der Waals surface area contributed by atoms with Crippen molar-refractivity contribution in [2.24, 2.45) is 0 Å². The summed E-state index contributed by atoms with van der Waals surface area (Å²) in [7, 11) is 0. The van der Waals surface area contributed by atoms with Gasteiger partial charge in [0.2, 0.25) is 0 Å². The molecule has 1 aromatic carbocycles. The van der Waals surface area contributed by atoms with Gasteiger partial charge in [-0.1, -0.05) is 16.4 Å². The smallest absolute Gasteiger partial charge is 0.335 e. The topological polar surface area (TPSA) is 72.3 Å². The van der Waals surface area contributed by atoms with E-state index in [0.29, 0.717) is 10.9 Å². The number of hydrogen-bond donors (Lipinski definition) is 1. The molecule has 0 aliphatic heterocycles. The minimum atomic E-state index is -0.953. The van der Waals surface area contributed by atoms with E-state index in [-0.39, 0.29) is 5.56 Å². The summed E-state index contributed by atoms with van der Waals surface area (Å²) in [5.74, 6) is -0.368. The first-order chi connectivity index (χ1) is 7.66. The summed E-state index contributed by atoms with van der Waals surface area (Å²) in [6.45, 7) is 1.78. The Kier molecular flexibility index (Phi) is 2.82. The molecule has 0 aliphatic carbocycles. The normalized spacial score (nSPS) is 10.1. The van der Waals surface area contributed by atoms with Crippen LogP contribution in [0.1, 0.15) is 15.9 Å². The molecule has 2 aromatic rings. The van der Waals surface area contributed by atoms with Gasteiger partial charge in [0.25, 0.3) is 5.19 Å². The van der Waals surface area contributed by atoms with Crippen molar-refractivity contribution >= 4 is 17.3 Å². The minimum Gasteiger partial charge on any atom is -0.478 e. The van der Waals surface area contributed by atoms with Crippen LogP contribution in [0.15, 0.2) is 23.7 Å². The molecular formula is C10H8N2O3S. The van der Waals surface area contributed by atoms with Gasteiger partial charge in [-0.2, -0.15) is 0 Å². The van der Waals surface area contributed by atoms with Gasteiger partial charge in [0.15, 0.2) is 0 Å². The van der Waals surface area contributed by atoms with Gasteiger partial charge in [-0.05, 0) is 30.7 Å². The Morgan fingerprint density at radius 3 is 2.88 bits per heavy atom. The molecular weight excluding hydrogens is 228 g/mol. The lowest BCUT2D eigenvalue weighted by molar-refractivity contribution is 0.0697. The van der Waals surface area contributed by atoms with Gasteiger partial charge < -0.3 is 9.84 Å². The van der Waals surface area contributed by atoms with E-state index in [2.05, 4.69) is 10.2 Å². The number of carbonyl (C=O) groups is 1. The summed E-state index contributed by atoms with van der Waals surface area (Å²) in [6.07, 6.45) is 0. The maximum Gasteiger partial charge on any atom is 0.335 e. The highest BCUT2D eigenvalue weighted by atomic mass is 32.1. The highest BCUT2D eigenvalue weighted by molar-refractivity contribution is 7.11. The molecule has 0 atom stereocenters. The van der Waals surface area contributed by atoms with Crippen LogP contribution >= 0.6 is 11.3 Å². The van der Waals surface area contributed by atoms with Gasteiger partial charge in [-0.15, -0.1) is 5.10 Å². The molecule has 0 spiro atoms. The molecule has 0 unspecified atom stereocenters. The van der Waals surface area contributed by atoms with Crippen LogP contribution in [0.5, 0.6) is 10.9 Å². The van der Waals surface area contributed by atoms with E-state index in [1.807, 2.05) is 0 Å². The summed E-state index contributed by atoms with van der Waals surface area (Å²) in [5.41, 5.74) is 2.55. The molecule has 2 rings (SSSR count). The van der Waals surface area contributed by atoms with Crippen molar-refractivity contribution in [2.45, 2.75) is 6.92 Å². The number of aromatic carboxylic acids is 1. The monoisotopic (exact) mass is 236 g/mol. The fourth-order valence-corrected chi connectivity index (χ4v) is 1.62. The molecule has 0 saturated carbocycles. The summed E-state index contributed by atoms with van der Waals surface area (Å²) in [5, 5.41) is 16.6. The largest absolute Gasteiger partial charge is 0.478 e. The van der Waals surface area contributed by atoms with E-state index in [9.17, 15) is 4.79 Å². The zero-order valence-electron chi connectivity index (χ0n) is 8.38. The first kappa shape index (κ1) is 10.6. The molecule has 16 heavy (non-hydrogen) atoms. The van der Waals surface area contributed by atoms with Crippen molar-refractivity contribution in [1.29, 1.82) is 0 Å². The maximum absolute atomic E-state index is 10.7. The number of hydrogen-bond acceptors (Lipinski definition) is 5. The molecule has 0 fully saturated rings. The van der Waals surface area contributed by atoms with Crippen molar-refractivity contribution < 1.29 is 14.6 Å². The van der Waals surface area contributed by atoms with Crippen LogP contribution in [-0.4, -0.2) is 21.3 Å². The third-order valence-electron chi connectivity index (χ3n) is 1.96. The maximum atomic E-state index is 10.7. The van der Waals surface area contributed by atoms with Gasteiger partial charge in [0, 0.05) is 0 Å². The summed E-state index contributed by atoms with van der Waals surface area (Å²) in [4.78, 5) is 10.7. The minimum absolute atomic E-state index is 0.238. The van der Waals surface area contributed by atoms with E-state index in [1.54, 1.807) is 24.6 Å². The lowest BCUT2D eigenvalue weighted by Gasteiger charge is -2.05. The number of carboxylic acids is 1. The van der Waals surface area contributed by atoms with E-state index in [0.717, 1.165) is 5.56 Å². The van der Waals surface area contributed by atoms with Crippen LogP contribution in [0.3, 0.4) is 0 Å². The predicted octanol–water partition coefficient (Wildman–Crippen LogP) is 2.34. The van der Waals surface area contributed by atoms with Gasteiger partial charge in [-0.25, -0.2) is 4.79 Å². The Morgan fingerprint density at radius 1 is 1.50 bits per heavy atom. The third-order valence-corrected chi connectivity index (χ3v) is 2.53. The first-order valence-corrected chi connectivity index (χ1v) is 5.33. The lowest BCUT2D eigenvalue weighted by atomic mass is 10.1. The van der Waals surface area contributed by atoms with Crippen LogP contribution in [0.25, 0.3) is 0 Å². The molecule has 0 radical (unpaired) electrons. The number of aryl methyl sites for hydroxylation is 1. The number of rotatable bonds is 3. The number of aromatic nitrogens is 2. The van der Waals surface area contributed by atoms with E-state index in [1.165, 1.54) is 17.4 Å². The van der Waals surface area contributed by atoms with Crippen molar-refractivity contribution in [3.63, 3.8) is 0 Å². The quantitative estimate of drug-likeness (QED) is 0.885. The number of nitrogens with zero attached hydrogens (tertiary/aromatic N) is 2. The Hall–Kier alpha value is -1.95. The van der Waals surface area contributed by atoms with Crippen LogP contribution in [0.4, 0.5) is 0 Å². The zero-order valence-corrected chi connectivity index (χ0v) is 9.19. The Morgan fingerprint density at radius 2 is 2.31 bits per heavy atom. The second-order valence-corrected chi connectivity index (χ2v) is 3.89. The SMILES string of the molecule is Cc1cc(C(=O)O)ccc1Oc1nncs1. The summed E-state index contributed by atoms with van der Waals surface area (Å²) < 4.78 is 5.44. The van der Waals surface area contributed by atoms with Crippen molar-refractivity contribution in [1.82, 2.24) is 10.2 Å². The van der Waals surface area contributed by atoms with Gasteiger partial charge in [0.1, 0.15) is 11.3 Å². The Labute approximate surface area is 95.3 Å². The molecule has 1 aromatic heterocycles. The molecule has 0 saturated heterocycles. The second kappa shape index (κ2) is 4.28. The zero-order chi connectivity index (χ0) is 11.5. The van der Waals surface area contributed by atoms with Crippen LogP contribution in [0.2, 0.25) is 0 Å². The van der Waals surface area contributed by atoms with E-state index >= 15 is 0 Å². The summed E-state index contributed by atoms with van der Waals surface area (Å²) >= 11 is 1.28.